The number of nitriles is 1. The second-order valence-corrected chi connectivity index (χ2v) is 8.02. The lowest BCUT2D eigenvalue weighted by molar-refractivity contribution is 1.18. The van der Waals surface area contributed by atoms with Crippen molar-refractivity contribution in [2.45, 2.75) is 0 Å². The third-order valence-corrected chi connectivity index (χ3v) is 6.06. The van der Waals surface area contributed by atoms with E-state index >= 15 is 0 Å². The minimum atomic E-state index is 0.426. The van der Waals surface area contributed by atoms with Crippen molar-refractivity contribution in [1.82, 2.24) is 9.55 Å². The minimum absolute atomic E-state index is 0.426. The summed E-state index contributed by atoms with van der Waals surface area (Å²) in [5.74, 6) is 0. The molecule has 0 bridgehead atoms. The highest BCUT2D eigenvalue weighted by atomic mass is 15.0. The van der Waals surface area contributed by atoms with Crippen LogP contribution in [0.25, 0.3) is 49.9 Å². The van der Waals surface area contributed by atoms with E-state index in [4.69, 9.17) is 5.26 Å². The van der Waals surface area contributed by atoms with Crippen LogP contribution in [-0.4, -0.2) is 9.55 Å². The number of para-hydroxylation sites is 2. The first-order chi connectivity index (χ1) is 16.3. The Balaban J connectivity index is 1.44. The molecule has 2 aromatic heterocycles. The predicted molar refractivity (Wildman–Crippen MR) is 134 cm³/mol. The number of hydrogen-bond acceptors (Lipinski definition) is 2. The molecule has 6 aromatic rings. The maximum absolute atomic E-state index is 9.12. The highest BCUT2D eigenvalue weighted by Crippen LogP contribution is 2.33. The van der Waals surface area contributed by atoms with Crippen LogP contribution in [-0.2, 0) is 0 Å². The molecule has 4 aromatic carbocycles. The Morgan fingerprint density at radius 2 is 1.21 bits per heavy atom. The van der Waals surface area contributed by atoms with Gasteiger partial charge in [-0.1, -0.05) is 78.9 Å². The van der Waals surface area contributed by atoms with Crippen molar-refractivity contribution in [3.05, 3.63) is 121 Å². The van der Waals surface area contributed by atoms with Gasteiger partial charge >= 0.3 is 0 Å². The van der Waals surface area contributed by atoms with Gasteiger partial charge in [0.25, 0.3) is 0 Å². The van der Waals surface area contributed by atoms with E-state index in [0.717, 1.165) is 28.1 Å². The topological polar surface area (TPSA) is 41.6 Å². The summed E-state index contributed by atoms with van der Waals surface area (Å²) in [4.78, 5) is 4.41. The maximum atomic E-state index is 9.12. The molecule has 6 rings (SSSR count). The molecule has 0 aliphatic carbocycles. The lowest BCUT2D eigenvalue weighted by Crippen LogP contribution is -1.94. The van der Waals surface area contributed by atoms with Gasteiger partial charge in [0.15, 0.2) is 0 Å². The molecule has 0 saturated heterocycles. The summed E-state index contributed by atoms with van der Waals surface area (Å²) in [6.45, 7) is 0. The van der Waals surface area contributed by atoms with Gasteiger partial charge in [-0.25, -0.2) is 4.98 Å². The van der Waals surface area contributed by atoms with E-state index in [9.17, 15) is 0 Å². The molecule has 0 spiro atoms. The van der Waals surface area contributed by atoms with Gasteiger partial charge in [0, 0.05) is 22.0 Å². The van der Waals surface area contributed by atoms with Gasteiger partial charge < -0.3 is 4.57 Å². The monoisotopic (exact) mass is 421 g/mol. The van der Waals surface area contributed by atoms with Crippen molar-refractivity contribution in [2.24, 2.45) is 0 Å². The molecule has 33 heavy (non-hydrogen) atoms. The second-order valence-electron chi connectivity index (χ2n) is 8.02. The van der Waals surface area contributed by atoms with Crippen LogP contribution >= 0.6 is 0 Å². The van der Waals surface area contributed by atoms with Crippen LogP contribution in [0.1, 0.15) is 5.69 Å². The van der Waals surface area contributed by atoms with Gasteiger partial charge in [-0.15, -0.1) is 0 Å². The number of rotatable bonds is 3. The van der Waals surface area contributed by atoms with Crippen LogP contribution in [0.4, 0.5) is 0 Å². The maximum Gasteiger partial charge on any atom is 0.141 e. The molecule has 154 valence electrons. The predicted octanol–water partition coefficient (Wildman–Crippen LogP) is 7.38. The smallest absolute Gasteiger partial charge is 0.141 e. The Labute approximate surface area is 191 Å². The van der Waals surface area contributed by atoms with Crippen molar-refractivity contribution in [3.63, 3.8) is 0 Å². The quantitative estimate of drug-likeness (QED) is 0.299. The lowest BCUT2D eigenvalue weighted by Gasteiger charge is -2.11. The molecular formula is C30H19N3. The molecule has 2 heterocycles. The van der Waals surface area contributed by atoms with E-state index < -0.39 is 0 Å². The summed E-state index contributed by atoms with van der Waals surface area (Å²) in [5, 5.41) is 11.6. The standard InChI is InChI=1S/C30H19N3/c31-20-24-8-6-12-28(32-24)22-17-15-21(16-18-22)23-7-5-9-25(19-23)33-29-13-3-1-10-26(29)27-11-2-4-14-30(27)33/h1-19H. The molecule has 0 atom stereocenters. The van der Waals surface area contributed by atoms with Crippen LogP contribution in [0.3, 0.4) is 0 Å². The van der Waals surface area contributed by atoms with Gasteiger partial charge in [0.05, 0.1) is 16.7 Å². The zero-order valence-electron chi connectivity index (χ0n) is 17.8. The summed E-state index contributed by atoms with van der Waals surface area (Å²) in [6.07, 6.45) is 0. The summed E-state index contributed by atoms with van der Waals surface area (Å²) in [6, 6.07) is 41.7. The molecule has 0 fully saturated rings. The normalized spacial score (nSPS) is 11.0. The second kappa shape index (κ2) is 7.78. The first kappa shape index (κ1) is 19.0. The van der Waals surface area contributed by atoms with Crippen LogP contribution in [0, 0.1) is 11.3 Å². The molecule has 0 aliphatic heterocycles. The Hall–Kier alpha value is -4.68. The number of aromatic nitrogens is 2. The van der Waals surface area contributed by atoms with Crippen LogP contribution in [0.2, 0.25) is 0 Å². The molecule has 3 nitrogen and oxygen atoms in total. The number of nitrogens with zero attached hydrogens (tertiary/aromatic N) is 3. The SMILES string of the molecule is N#Cc1cccc(-c2ccc(-c3cccc(-n4c5ccccc5c5ccccc54)c3)cc2)n1. The van der Waals surface area contributed by atoms with Gasteiger partial charge in [-0.2, -0.15) is 5.26 Å². The van der Waals surface area contributed by atoms with Crippen molar-refractivity contribution < 1.29 is 0 Å². The highest BCUT2D eigenvalue weighted by Gasteiger charge is 2.12. The lowest BCUT2D eigenvalue weighted by atomic mass is 10.0. The molecule has 3 heteroatoms. The van der Waals surface area contributed by atoms with E-state index in [2.05, 4.69) is 113 Å². The van der Waals surface area contributed by atoms with Crippen molar-refractivity contribution in [3.8, 4) is 34.1 Å². The third kappa shape index (κ3) is 3.26. The molecule has 0 amide bonds. The molecule has 0 N–H and O–H groups in total. The molecule has 0 unspecified atom stereocenters. The Bertz CT molecular complexity index is 1610. The van der Waals surface area contributed by atoms with E-state index in [1.54, 1.807) is 6.07 Å². The molecule has 0 saturated carbocycles. The van der Waals surface area contributed by atoms with E-state index in [0.29, 0.717) is 5.69 Å². The van der Waals surface area contributed by atoms with E-state index in [1.807, 2.05) is 12.1 Å². The summed E-state index contributed by atoms with van der Waals surface area (Å²) in [5.41, 5.74) is 8.06. The number of fused-ring (bicyclic) bond motifs is 3. The van der Waals surface area contributed by atoms with E-state index in [1.165, 1.54) is 21.8 Å². The number of pyridine rings is 1. The third-order valence-electron chi connectivity index (χ3n) is 6.06. The van der Waals surface area contributed by atoms with Crippen molar-refractivity contribution in [2.75, 3.05) is 0 Å². The molecule has 0 radical (unpaired) electrons. The number of hydrogen-bond donors (Lipinski definition) is 0. The van der Waals surface area contributed by atoms with E-state index in [-0.39, 0.29) is 0 Å². The van der Waals surface area contributed by atoms with Crippen molar-refractivity contribution >= 4 is 21.8 Å². The van der Waals surface area contributed by atoms with Crippen LogP contribution < -0.4 is 0 Å². The zero-order chi connectivity index (χ0) is 22.2. The minimum Gasteiger partial charge on any atom is -0.309 e. The summed E-state index contributed by atoms with van der Waals surface area (Å²) >= 11 is 0. The van der Waals surface area contributed by atoms with Crippen LogP contribution in [0.5, 0.6) is 0 Å². The first-order valence-electron chi connectivity index (χ1n) is 10.9. The Morgan fingerprint density at radius 3 is 1.91 bits per heavy atom. The van der Waals surface area contributed by atoms with Gasteiger partial charge in [-0.05, 0) is 47.5 Å². The van der Waals surface area contributed by atoms with Gasteiger partial charge in [0.1, 0.15) is 11.8 Å². The van der Waals surface area contributed by atoms with Gasteiger partial charge in [-0.3, -0.25) is 0 Å². The fourth-order valence-electron chi connectivity index (χ4n) is 4.52. The van der Waals surface area contributed by atoms with Crippen molar-refractivity contribution in [1.29, 1.82) is 5.26 Å². The highest BCUT2D eigenvalue weighted by molar-refractivity contribution is 6.09. The number of benzene rings is 4. The van der Waals surface area contributed by atoms with Gasteiger partial charge in [0.2, 0.25) is 0 Å². The molecular weight excluding hydrogens is 402 g/mol. The van der Waals surface area contributed by atoms with Crippen LogP contribution in [0.15, 0.2) is 115 Å². The largest absolute Gasteiger partial charge is 0.309 e. The molecule has 0 aliphatic rings. The fourth-order valence-corrected chi connectivity index (χ4v) is 4.52. The fraction of sp³-hybridized carbons (Fsp3) is 0. The zero-order valence-corrected chi connectivity index (χ0v) is 17.8. The Morgan fingerprint density at radius 1 is 0.576 bits per heavy atom. The summed E-state index contributed by atoms with van der Waals surface area (Å²) in [7, 11) is 0. The first-order valence-corrected chi connectivity index (χ1v) is 10.9. The Kier molecular flexibility index (Phi) is 4.49. The average Bonchev–Trinajstić information content (AvgIpc) is 3.23. The summed E-state index contributed by atoms with van der Waals surface area (Å²) < 4.78 is 2.33. The average molecular weight is 422 g/mol.